The summed E-state index contributed by atoms with van der Waals surface area (Å²) in [6, 6.07) is 26.0. The normalized spacial score (nSPS) is 13.1. The summed E-state index contributed by atoms with van der Waals surface area (Å²) in [5, 5.41) is 3.99. The number of rotatable bonds is 2. The molecular formula is C24H18BrN. The van der Waals surface area contributed by atoms with Gasteiger partial charge in [-0.2, -0.15) is 0 Å². The third-order valence-corrected chi connectivity index (χ3v) is 5.59. The Balaban J connectivity index is 1.73. The summed E-state index contributed by atoms with van der Waals surface area (Å²) < 4.78 is 3.52. The molecule has 26 heavy (non-hydrogen) atoms. The van der Waals surface area contributed by atoms with E-state index in [9.17, 15) is 0 Å². The van der Waals surface area contributed by atoms with E-state index in [0.717, 1.165) is 17.3 Å². The molecule has 5 rings (SSSR count). The average Bonchev–Trinajstić information content (AvgIpc) is 3.02. The molecule has 0 aliphatic heterocycles. The summed E-state index contributed by atoms with van der Waals surface area (Å²) in [4.78, 5) is 0. The fourth-order valence-electron chi connectivity index (χ4n) is 3.88. The molecule has 0 atom stereocenters. The van der Waals surface area contributed by atoms with Gasteiger partial charge in [0.05, 0.1) is 5.52 Å². The predicted octanol–water partition coefficient (Wildman–Crippen LogP) is 5.41. The maximum Gasteiger partial charge on any atom is 0.0541 e. The van der Waals surface area contributed by atoms with Crippen LogP contribution in [0.2, 0.25) is 0 Å². The van der Waals surface area contributed by atoms with Gasteiger partial charge in [-0.05, 0) is 54.3 Å². The molecule has 1 aromatic heterocycles. The van der Waals surface area contributed by atoms with E-state index in [4.69, 9.17) is 0 Å². The molecular weight excluding hydrogens is 382 g/mol. The number of aromatic nitrogens is 1. The van der Waals surface area contributed by atoms with Crippen molar-refractivity contribution in [1.82, 2.24) is 4.57 Å². The van der Waals surface area contributed by atoms with Crippen LogP contribution in [0, 0.1) is 0 Å². The first-order valence-corrected chi connectivity index (χ1v) is 9.77. The lowest BCUT2D eigenvalue weighted by Crippen LogP contribution is -2.30. The second kappa shape index (κ2) is 6.30. The van der Waals surface area contributed by atoms with E-state index in [0.29, 0.717) is 0 Å². The van der Waals surface area contributed by atoms with Crippen LogP contribution in [0.5, 0.6) is 0 Å². The van der Waals surface area contributed by atoms with Crippen LogP contribution >= 0.6 is 15.9 Å². The summed E-state index contributed by atoms with van der Waals surface area (Å²) >= 11 is 3.63. The molecule has 4 aromatic rings. The van der Waals surface area contributed by atoms with Gasteiger partial charge in [-0.15, -0.1) is 0 Å². The van der Waals surface area contributed by atoms with Crippen molar-refractivity contribution in [3.05, 3.63) is 87.8 Å². The minimum Gasteiger partial charge on any atom is -0.310 e. The molecule has 0 saturated carbocycles. The Morgan fingerprint density at radius 3 is 2.27 bits per heavy atom. The number of nitrogens with zero attached hydrogens (tertiary/aromatic N) is 1. The molecule has 1 aliphatic carbocycles. The third-order valence-electron chi connectivity index (χ3n) is 5.09. The van der Waals surface area contributed by atoms with Crippen molar-refractivity contribution in [3.8, 4) is 16.8 Å². The van der Waals surface area contributed by atoms with Crippen LogP contribution in [-0.2, 0) is 0 Å². The van der Waals surface area contributed by atoms with Gasteiger partial charge in [0.1, 0.15) is 0 Å². The zero-order valence-electron chi connectivity index (χ0n) is 14.3. The molecule has 0 radical (unpaired) electrons. The molecule has 0 amide bonds. The largest absolute Gasteiger partial charge is 0.310 e. The summed E-state index contributed by atoms with van der Waals surface area (Å²) in [5.74, 6) is 0. The highest BCUT2D eigenvalue weighted by Gasteiger charge is 2.11. The van der Waals surface area contributed by atoms with Gasteiger partial charge in [-0.3, -0.25) is 0 Å². The Bertz CT molecular complexity index is 1220. The second-order valence-corrected chi connectivity index (χ2v) is 7.61. The van der Waals surface area contributed by atoms with E-state index in [-0.39, 0.29) is 0 Å². The summed E-state index contributed by atoms with van der Waals surface area (Å²) in [7, 11) is 0. The van der Waals surface area contributed by atoms with Crippen LogP contribution in [0.4, 0.5) is 0 Å². The maximum atomic E-state index is 3.63. The molecule has 1 heterocycles. The maximum absolute atomic E-state index is 3.63. The fraction of sp³-hybridized carbons (Fsp3) is 0.0833. The topological polar surface area (TPSA) is 4.93 Å². The first kappa shape index (κ1) is 15.7. The van der Waals surface area contributed by atoms with Gasteiger partial charge in [-0.25, -0.2) is 0 Å². The number of fused-ring (bicyclic) bond motifs is 3. The van der Waals surface area contributed by atoms with Gasteiger partial charge < -0.3 is 4.57 Å². The molecule has 2 heteroatoms. The first-order valence-electron chi connectivity index (χ1n) is 8.97. The van der Waals surface area contributed by atoms with Crippen molar-refractivity contribution < 1.29 is 0 Å². The lowest BCUT2D eigenvalue weighted by atomic mass is 10.1. The highest BCUT2D eigenvalue weighted by atomic mass is 79.9. The Morgan fingerprint density at radius 1 is 0.731 bits per heavy atom. The molecule has 1 nitrogen and oxygen atoms in total. The third kappa shape index (κ3) is 2.53. The Kier molecular flexibility index (Phi) is 3.79. The molecule has 0 bridgehead atoms. The SMILES string of the molecule is Brc1ccc2c(c1)c1c(n2-c2ccc(-c3ccccc3)cc2)=CCCC=1. The van der Waals surface area contributed by atoms with Crippen molar-refractivity contribution in [2.75, 3.05) is 0 Å². The molecule has 0 unspecified atom stereocenters. The lowest BCUT2D eigenvalue weighted by Gasteiger charge is -2.09. The van der Waals surface area contributed by atoms with Crippen molar-refractivity contribution in [2.24, 2.45) is 0 Å². The Hall–Kier alpha value is -2.58. The molecule has 0 saturated heterocycles. The fourth-order valence-corrected chi connectivity index (χ4v) is 4.24. The van der Waals surface area contributed by atoms with Crippen LogP contribution < -0.4 is 10.6 Å². The smallest absolute Gasteiger partial charge is 0.0541 e. The van der Waals surface area contributed by atoms with E-state index in [1.54, 1.807) is 0 Å². The van der Waals surface area contributed by atoms with Gasteiger partial charge in [0, 0.05) is 26.1 Å². The number of hydrogen-bond donors (Lipinski definition) is 0. The van der Waals surface area contributed by atoms with E-state index < -0.39 is 0 Å². The van der Waals surface area contributed by atoms with Crippen molar-refractivity contribution in [2.45, 2.75) is 12.8 Å². The van der Waals surface area contributed by atoms with Gasteiger partial charge in [0.2, 0.25) is 0 Å². The molecule has 0 spiro atoms. The summed E-state index contributed by atoms with van der Waals surface area (Å²) in [6.07, 6.45) is 6.96. The highest BCUT2D eigenvalue weighted by molar-refractivity contribution is 9.10. The van der Waals surface area contributed by atoms with E-state index >= 15 is 0 Å². The number of hydrogen-bond acceptors (Lipinski definition) is 0. The Morgan fingerprint density at radius 2 is 1.46 bits per heavy atom. The van der Waals surface area contributed by atoms with Crippen molar-refractivity contribution in [3.63, 3.8) is 0 Å². The predicted molar refractivity (Wildman–Crippen MR) is 114 cm³/mol. The molecule has 1 aliphatic rings. The van der Waals surface area contributed by atoms with Gasteiger partial charge in [0.25, 0.3) is 0 Å². The quantitative estimate of drug-likeness (QED) is 0.424. The van der Waals surface area contributed by atoms with E-state index in [1.807, 2.05) is 0 Å². The van der Waals surface area contributed by atoms with E-state index in [1.165, 1.54) is 38.3 Å². The molecule has 126 valence electrons. The monoisotopic (exact) mass is 399 g/mol. The Labute approximate surface area is 161 Å². The molecule has 0 N–H and O–H groups in total. The van der Waals surface area contributed by atoms with E-state index in [2.05, 4.69) is 105 Å². The van der Waals surface area contributed by atoms with Crippen molar-refractivity contribution >= 4 is 39.0 Å². The van der Waals surface area contributed by atoms with Gasteiger partial charge in [-0.1, -0.05) is 70.5 Å². The molecule has 3 aromatic carbocycles. The highest BCUT2D eigenvalue weighted by Crippen LogP contribution is 2.23. The second-order valence-electron chi connectivity index (χ2n) is 6.69. The summed E-state index contributed by atoms with van der Waals surface area (Å²) in [6.45, 7) is 0. The number of benzene rings is 3. The van der Waals surface area contributed by atoms with Crippen LogP contribution in [0.15, 0.2) is 77.3 Å². The average molecular weight is 400 g/mol. The lowest BCUT2D eigenvalue weighted by molar-refractivity contribution is 1.02. The standard InChI is InChI=1S/C24H18BrN/c25-19-12-15-24-22(16-19)21-8-4-5-9-23(21)26(24)20-13-10-18(11-14-20)17-6-2-1-3-7-17/h1-3,6-16H,4-5H2. The van der Waals surface area contributed by atoms with Crippen LogP contribution in [0.25, 0.3) is 39.9 Å². The zero-order chi connectivity index (χ0) is 17.5. The number of halogens is 1. The first-order chi connectivity index (χ1) is 12.8. The van der Waals surface area contributed by atoms with Crippen molar-refractivity contribution in [1.29, 1.82) is 0 Å². The minimum atomic E-state index is 1.10. The molecule has 0 fully saturated rings. The van der Waals surface area contributed by atoms with Crippen LogP contribution in [-0.4, -0.2) is 4.57 Å². The zero-order valence-corrected chi connectivity index (χ0v) is 15.9. The van der Waals surface area contributed by atoms with Gasteiger partial charge in [0.15, 0.2) is 0 Å². The van der Waals surface area contributed by atoms with Gasteiger partial charge >= 0.3 is 0 Å². The summed E-state index contributed by atoms with van der Waals surface area (Å²) in [5.41, 5.74) is 4.98. The van der Waals surface area contributed by atoms with Crippen LogP contribution in [0.3, 0.4) is 0 Å². The van der Waals surface area contributed by atoms with Crippen LogP contribution in [0.1, 0.15) is 12.8 Å². The minimum absolute atomic E-state index is 1.10.